The average Bonchev–Trinajstić information content (AvgIpc) is 3.06. The van der Waals surface area contributed by atoms with Gasteiger partial charge in [-0.25, -0.2) is 0 Å². The highest BCUT2D eigenvalue weighted by atomic mass is 14.7. The summed E-state index contributed by atoms with van der Waals surface area (Å²) in [7, 11) is 0. The van der Waals surface area contributed by atoms with E-state index in [2.05, 4.69) is 140 Å². The van der Waals surface area contributed by atoms with Crippen LogP contribution in [0.25, 0.3) is 76.6 Å². The highest BCUT2D eigenvalue weighted by Crippen LogP contribution is 2.46. The number of hydrogen-bond donors (Lipinski definition) is 0. The second kappa shape index (κ2) is 9.98. The Morgan fingerprint density at radius 1 is 0.429 bits per heavy atom. The van der Waals surface area contributed by atoms with Gasteiger partial charge in [-0.2, -0.15) is 0 Å². The molecule has 0 aliphatic carbocycles. The van der Waals surface area contributed by atoms with Crippen LogP contribution in [-0.4, -0.2) is 4.98 Å². The number of fused-ring (bicyclic) bond motifs is 4. The highest BCUT2D eigenvalue weighted by molar-refractivity contribution is 6.22. The first-order valence-corrected chi connectivity index (χ1v) is 14.7. The quantitative estimate of drug-likeness (QED) is 0.204. The van der Waals surface area contributed by atoms with Crippen LogP contribution >= 0.6 is 0 Å². The van der Waals surface area contributed by atoms with Gasteiger partial charge in [0.05, 0.1) is 5.69 Å². The molecule has 1 heteroatoms. The Balaban J connectivity index is 1.53. The van der Waals surface area contributed by atoms with Crippen molar-refractivity contribution >= 4 is 43.1 Å². The molecule has 0 unspecified atom stereocenters. The van der Waals surface area contributed by atoms with E-state index in [-0.39, 0.29) is 0 Å². The van der Waals surface area contributed by atoms with Crippen molar-refractivity contribution in [2.75, 3.05) is 0 Å². The van der Waals surface area contributed by atoms with Gasteiger partial charge in [-0.3, -0.25) is 4.98 Å². The summed E-state index contributed by atoms with van der Waals surface area (Å²) in [5, 5.41) is 10.1. The van der Waals surface area contributed by atoms with Crippen molar-refractivity contribution in [3.05, 3.63) is 151 Å². The summed E-state index contributed by atoms with van der Waals surface area (Å²) < 4.78 is 0. The number of aromatic nitrogens is 1. The van der Waals surface area contributed by atoms with Gasteiger partial charge in [0.2, 0.25) is 0 Å². The molecule has 0 N–H and O–H groups in total. The molecular formula is C41H29N. The largest absolute Gasteiger partial charge is 0.256 e. The van der Waals surface area contributed by atoms with Crippen molar-refractivity contribution in [1.29, 1.82) is 0 Å². The predicted octanol–water partition coefficient (Wildman–Crippen LogP) is 11.3. The van der Waals surface area contributed by atoms with Crippen LogP contribution in [0.4, 0.5) is 0 Å². The van der Waals surface area contributed by atoms with Crippen molar-refractivity contribution in [3.8, 4) is 33.5 Å². The third-order valence-corrected chi connectivity index (χ3v) is 8.63. The van der Waals surface area contributed by atoms with Crippen molar-refractivity contribution < 1.29 is 0 Å². The number of aryl methyl sites for hydroxylation is 1. The van der Waals surface area contributed by atoms with E-state index >= 15 is 0 Å². The first-order valence-electron chi connectivity index (χ1n) is 14.7. The second-order valence-corrected chi connectivity index (χ2v) is 11.1. The molecule has 0 radical (unpaired) electrons. The lowest BCUT2D eigenvalue weighted by Gasteiger charge is -2.20. The lowest BCUT2D eigenvalue weighted by atomic mass is 9.83. The molecule has 0 aliphatic heterocycles. The van der Waals surface area contributed by atoms with E-state index in [4.69, 9.17) is 4.98 Å². The Hall–Kier alpha value is -5.27. The standard InChI is InChI=1S/C41H29N/c1-2-27-14-20-35-37(23-27)40(33-17-15-28-9-3-5-11-30(28)24-33)36-21-19-32(39-13-7-8-22-42-39)26-38(36)41(35)34-18-16-29-10-4-6-12-31(29)25-34/h3-26H,2H2,1H3. The van der Waals surface area contributed by atoms with E-state index in [0.717, 1.165) is 17.7 Å². The van der Waals surface area contributed by atoms with E-state index in [1.807, 2.05) is 12.3 Å². The van der Waals surface area contributed by atoms with E-state index in [9.17, 15) is 0 Å². The summed E-state index contributed by atoms with van der Waals surface area (Å²) in [5.41, 5.74) is 8.49. The van der Waals surface area contributed by atoms with Gasteiger partial charge in [0.15, 0.2) is 0 Å². The maximum Gasteiger partial charge on any atom is 0.0702 e. The van der Waals surface area contributed by atoms with E-state index in [0.29, 0.717) is 0 Å². The van der Waals surface area contributed by atoms with Crippen LogP contribution in [0.5, 0.6) is 0 Å². The van der Waals surface area contributed by atoms with Gasteiger partial charge in [-0.15, -0.1) is 0 Å². The van der Waals surface area contributed by atoms with Crippen LogP contribution in [0.3, 0.4) is 0 Å². The molecule has 1 aromatic heterocycles. The lowest BCUT2D eigenvalue weighted by Crippen LogP contribution is -1.94. The zero-order valence-corrected chi connectivity index (χ0v) is 23.5. The van der Waals surface area contributed by atoms with Gasteiger partial charge < -0.3 is 0 Å². The van der Waals surface area contributed by atoms with Gasteiger partial charge in [-0.1, -0.05) is 116 Å². The first kappa shape index (κ1) is 24.5. The molecule has 0 amide bonds. The molecule has 0 fully saturated rings. The van der Waals surface area contributed by atoms with Crippen molar-refractivity contribution in [1.82, 2.24) is 4.98 Å². The molecule has 8 aromatic rings. The van der Waals surface area contributed by atoms with Gasteiger partial charge in [0.25, 0.3) is 0 Å². The summed E-state index contributed by atoms with van der Waals surface area (Å²) >= 11 is 0. The van der Waals surface area contributed by atoms with E-state index < -0.39 is 0 Å². The summed E-state index contributed by atoms with van der Waals surface area (Å²) in [5.74, 6) is 0. The number of benzene rings is 7. The summed E-state index contributed by atoms with van der Waals surface area (Å²) in [6, 6.07) is 51.1. The van der Waals surface area contributed by atoms with Gasteiger partial charge in [-0.05, 0) is 108 Å². The molecule has 0 aliphatic rings. The smallest absolute Gasteiger partial charge is 0.0702 e. The zero-order valence-electron chi connectivity index (χ0n) is 23.5. The lowest BCUT2D eigenvalue weighted by molar-refractivity contribution is 1.15. The number of pyridine rings is 1. The molecule has 0 bridgehead atoms. The van der Waals surface area contributed by atoms with Crippen LogP contribution in [-0.2, 0) is 6.42 Å². The van der Waals surface area contributed by atoms with Gasteiger partial charge in [0.1, 0.15) is 0 Å². The molecule has 1 heterocycles. The Morgan fingerprint density at radius 2 is 0.976 bits per heavy atom. The Kier molecular flexibility index (Phi) is 5.82. The molecule has 0 spiro atoms. The predicted molar refractivity (Wildman–Crippen MR) is 180 cm³/mol. The van der Waals surface area contributed by atoms with Crippen LogP contribution in [0.2, 0.25) is 0 Å². The fraction of sp³-hybridized carbons (Fsp3) is 0.0488. The van der Waals surface area contributed by atoms with Gasteiger partial charge >= 0.3 is 0 Å². The molecule has 1 nitrogen and oxygen atoms in total. The molecule has 7 aromatic carbocycles. The first-order chi connectivity index (χ1) is 20.8. The molecule has 0 saturated carbocycles. The van der Waals surface area contributed by atoms with Crippen LogP contribution in [0.1, 0.15) is 12.5 Å². The van der Waals surface area contributed by atoms with Crippen molar-refractivity contribution in [2.45, 2.75) is 13.3 Å². The zero-order chi connectivity index (χ0) is 28.0. The van der Waals surface area contributed by atoms with Crippen LogP contribution < -0.4 is 0 Å². The molecule has 0 atom stereocenters. The fourth-order valence-electron chi connectivity index (χ4n) is 6.50. The number of rotatable bonds is 4. The normalized spacial score (nSPS) is 11.5. The minimum absolute atomic E-state index is 0.984. The van der Waals surface area contributed by atoms with E-state index in [1.165, 1.54) is 70.9 Å². The molecule has 0 saturated heterocycles. The van der Waals surface area contributed by atoms with Crippen LogP contribution in [0, 0.1) is 0 Å². The Bertz CT molecular complexity index is 2280. The topological polar surface area (TPSA) is 12.9 Å². The van der Waals surface area contributed by atoms with E-state index in [1.54, 1.807) is 0 Å². The molecule has 42 heavy (non-hydrogen) atoms. The number of nitrogens with zero attached hydrogens (tertiary/aromatic N) is 1. The minimum Gasteiger partial charge on any atom is -0.256 e. The number of hydrogen-bond acceptors (Lipinski definition) is 1. The fourth-order valence-corrected chi connectivity index (χ4v) is 6.50. The molecule has 198 valence electrons. The van der Waals surface area contributed by atoms with Crippen molar-refractivity contribution in [2.24, 2.45) is 0 Å². The van der Waals surface area contributed by atoms with Crippen molar-refractivity contribution in [3.63, 3.8) is 0 Å². The van der Waals surface area contributed by atoms with Crippen LogP contribution in [0.15, 0.2) is 146 Å². The Labute approximate surface area is 245 Å². The summed E-state index contributed by atoms with van der Waals surface area (Å²) in [6.07, 6.45) is 2.87. The summed E-state index contributed by atoms with van der Waals surface area (Å²) in [4.78, 5) is 4.70. The monoisotopic (exact) mass is 535 g/mol. The van der Waals surface area contributed by atoms with Gasteiger partial charge in [0, 0.05) is 11.8 Å². The molecule has 8 rings (SSSR count). The maximum absolute atomic E-state index is 4.70. The summed E-state index contributed by atoms with van der Waals surface area (Å²) in [6.45, 7) is 2.24. The SMILES string of the molecule is CCc1ccc2c(-c3ccc4ccccc4c3)c3cc(-c4ccccn4)ccc3c(-c3ccc4ccccc4c3)c2c1. The second-order valence-electron chi connectivity index (χ2n) is 11.1. The maximum atomic E-state index is 4.70. The highest BCUT2D eigenvalue weighted by Gasteiger charge is 2.19. The molecular weight excluding hydrogens is 506 g/mol. The Morgan fingerprint density at radius 3 is 1.57 bits per heavy atom. The average molecular weight is 536 g/mol. The minimum atomic E-state index is 0.984. The third kappa shape index (κ3) is 4.05. The third-order valence-electron chi connectivity index (χ3n) is 8.63.